The first-order chi connectivity index (χ1) is 21.1. The molecule has 0 aromatic carbocycles. The monoisotopic (exact) mass is 709 g/mol. The Labute approximate surface area is 297 Å². The molecule has 0 spiro atoms. The van der Waals surface area contributed by atoms with Gasteiger partial charge in [-0.25, -0.2) is 0 Å². The first-order valence-electron chi connectivity index (χ1n) is 19.1. The number of hydrogen-bond donors (Lipinski definition) is 0. The van der Waals surface area contributed by atoms with E-state index >= 15 is 0 Å². The molecule has 0 heterocycles. The Morgan fingerprint density at radius 2 is 1.23 bits per heavy atom. The van der Waals surface area contributed by atoms with Crippen LogP contribution in [0.5, 0.6) is 0 Å². The van der Waals surface area contributed by atoms with Crippen LogP contribution in [0.4, 0.5) is 0 Å². The molecule has 0 saturated heterocycles. The summed E-state index contributed by atoms with van der Waals surface area (Å²) in [5.74, 6) is 0.903. The van der Waals surface area contributed by atoms with Crippen molar-refractivity contribution >= 4 is 25.0 Å². The first kappa shape index (κ1) is 43.1. The fourth-order valence-electron chi connectivity index (χ4n) is 6.66. The largest absolute Gasteiger partial charge is 0.417 e. The molecule has 0 N–H and O–H groups in total. The van der Waals surface area contributed by atoms with Gasteiger partial charge in [0.1, 0.15) is 6.10 Å². The van der Waals surface area contributed by atoms with Gasteiger partial charge >= 0.3 is 0 Å². The van der Waals surface area contributed by atoms with Crippen molar-refractivity contribution in [3.8, 4) is 0 Å². The molecule has 47 heavy (non-hydrogen) atoms. The third kappa shape index (κ3) is 11.0. The molecule has 2 rings (SSSR count). The Balaban J connectivity index is 2.53. The maximum atomic E-state index is 7.42. The quantitative estimate of drug-likeness (QED) is 0.149. The van der Waals surface area contributed by atoms with Gasteiger partial charge in [0.2, 0.25) is 0 Å². The predicted molar refractivity (Wildman–Crippen MR) is 213 cm³/mol. The summed E-state index contributed by atoms with van der Waals surface area (Å²) < 4.78 is 28.3. The average molecular weight is 709 g/mol. The van der Waals surface area contributed by atoms with Gasteiger partial charge in [-0.3, -0.25) is 0 Å². The van der Waals surface area contributed by atoms with Gasteiger partial charge in [-0.05, 0) is 104 Å². The third-order valence-corrected chi connectivity index (χ3v) is 26.7. The molecule has 2 aliphatic rings. The van der Waals surface area contributed by atoms with Crippen LogP contribution in [-0.4, -0.2) is 56.5 Å². The van der Waals surface area contributed by atoms with Crippen LogP contribution in [0.25, 0.3) is 0 Å². The van der Waals surface area contributed by atoms with E-state index in [-0.39, 0.29) is 39.3 Å². The number of rotatable bonds is 12. The van der Waals surface area contributed by atoms with Crippen molar-refractivity contribution in [1.29, 1.82) is 0 Å². The van der Waals surface area contributed by atoms with Crippen LogP contribution in [0.2, 0.25) is 54.4 Å². The second kappa shape index (κ2) is 15.7. The lowest BCUT2D eigenvalue weighted by molar-refractivity contribution is -0.116. The second-order valence-corrected chi connectivity index (χ2v) is 34.7. The molecule has 0 radical (unpaired) electrons. The van der Waals surface area contributed by atoms with Gasteiger partial charge in [0.25, 0.3) is 0 Å². The molecular weight excluding hydrogens is 629 g/mol. The summed E-state index contributed by atoms with van der Waals surface area (Å²) in [5.41, 5.74) is 3.46. The summed E-state index contributed by atoms with van der Waals surface area (Å²) in [6, 6.07) is 0. The lowest BCUT2D eigenvalue weighted by Crippen LogP contribution is -2.58. The summed E-state index contributed by atoms with van der Waals surface area (Å²) in [6.45, 7) is 46.4. The van der Waals surface area contributed by atoms with Crippen molar-refractivity contribution in [2.24, 2.45) is 17.3 Å². The molecule has 5 atom stereocenters. The van der Waals surface area contributed by atoms with E-state index in [4.69, 9.17) is 18.0 Å². The third-order valence-electron chi connectivity index (χ3n) is 13.2. The maximum absolute atomic E-state index is 7.42. The van der Waals surface area contributed by atoms with Gasteiger partial charge in [-0.2, -0.15) is 0 Å². The molecule has 0 aromatic heterocycles. The van der Waals surface area contributed by atoms with Gasteiger partial charge in [-0.1, -0.05) is 113 Å². The Bertz CT molecular complexity index is 1070. The van der Waals surface area contributed by atoms with E-state index in [1.54, 1.807) is 5.57 Å². The summed E-state index contributed by atoms with van der Waals surface area (Å²) in [7, 11) is -5.99. The zero-order valence-corrected chi connectivity index (χ0v) is 37.8. The molecule has 0 aliphatic heterocycles. The fourth-order valence-corrected chi connectivity index (χ4v) is 10.5. The minimum Gasteiger partial charge on any atom is -0.417 e. The smallest absolute Gasteiger partial charge is 0.192 e. The normalized spacial score (nSPS) is 28.7. The summed E-state index contributed by atoms with van der Waals surface area (Å²) in [5, 5.41) is 0.427. The highest BCUT2D eigenvalue weighted by molar-refractivity contribution is 6.75. The molecule has 4 nitrogen and oxygen atoms in total. The Kier molecular flexibility index (Phi) is 14.4. The highest BCUT2D eigenvalue weighted by atomic mass is 28.4. The Hall–Kier alpha value is -0.0294. The minimum absolute atomic E-state index is 0.0300. The molecule has 2 fully saturated rings. The summed E-state index contributed by atoms with van der Waals surface area (Å²) in [6.07, 6.45) is 11.6. The van der Waals surface area contributed by atoms with Crippen molar-refractivity contribution in [2.75, 3.05) is 13.2 Å². The highest BCUT2D eigenvalue weighted by Crippen LogP contribution is 2.48. The Morgan fingerprint density at radius 3 is 1.74 bits per heavy atom. The van der Waals surface area contributed by atoms with E-state index in [1.165, 1.54) is 31.3 Å². The standard InChI is InChI=1S/C40H80O4Si3/c1-20-33-31(23-21-26-40(33,12)13)24-25-32-29-34(43-46(16,17)38(6,7)8)36(35(30(32)2)44-47(18,19)39(9,10)11)41-27-22-28-42-45(14,15)37(3,4)5/h24-25,30,33-36H,20-23,26-29H2,1-19H3/b31-24+,32-25-/t30?,33?,34?,35?,36-/m1/s1. The van der Waals surface area contributed by atoms with E-state index in [1.807, 2.05) is 0 Å². The number of allylic oxidation sites excluding steroid dienone is 3. The molecule has 7 heteroatoms. The van der Waals surface area contributed by atoms with Gasteiger partial charge < -0.3 is 18.0 Å². The number of ether oxygens (including phenoxy) is 1. The molecule has 2 saturated carbocycles. The van der Waals surface area contributed by atoms with Crippen LogP contribution in [0.1, 0.15) is 129 Å². The minimum atomic E-state index is -2.11. The summed E-state index contributed by atoms with van der Waals surface area (Å²) in [4.78, 5) is 0. The molecule has 2 aliphatic carbocycles. The SMILES string of the molecule is CCC1/C(=C/C=C2/CC(O[Si](C)(C)C(C)(C)C)[C@@H](OCCCO[Si](C)(C)C(C)(C)C)C(O[Si](C)(C)C(C)(C)C)C2C)CCCC1(C)C. The number of hydrogen-bond acceptors (Lipinski definition) is 4. The maximum Gasteiger partial charge on any atom is 0.192 e. The van der Waals surface area contributed by atoms with Crippen LogP contribution in [0, 0.1) is 17.3 Å². The topological polar surface area (TPSA) is 36.9 Å². The van der Waals surface area contributed by atoms with Crippen LogP contribution in [0.3, 0.4) is 0 Å². The van der Waals surface area contributed by atoms with E-state index in [9.17, 15) is 0 Å². The lowest BCUT2D eigenvalue weighted by Gasteiger charge is -2.50. The van der Waals surface area contributed by atoms with E-state index < -0.39 is 25.0 Å². The lowest BCUT2D eigenvalue weighted by atomic mass is 9.65. The van der Waals surface area contributed by atoms with Gasteiger partial charge in [0, 0.05) is 19.1 Å². The van der Waals surface area contributed by atoms with E-state index in [2.05, 4.69) is 141 Å². The zero-order chi connectivity index (χ0) is 36.4. The van der Waals surface area contributed by atoms with Crippen LogP contribution in [-0.2, 0) is 18.0 Å². The van der Waals surface area contributed by atoms with Gasteiger partial charge in [-0.15, -0.1) is 0 Å². The Morgan fingerprint density at radius 1 is 0.723 bits per heavy atom. The summed E-state index contributed by atoms with van der Waals surface area (Å²) >= 11 is 0. The average Bonchev–Trinajstić information content (AvgIpc) is 2.88. The van der Waals surface area contributed by atoms with Crippen LogP contribution in [0.15, 0.2) is 23.3 Å². The van der Waals surface area contributed by atoms with E-state index in [0.717, 1.165) is 19.4 Å². The van der Waals surface area contributed by atoms with Crippen molar-refractivity contribution in [3.63, 3.8) is 0 Å². The van der Waals surface area contributed by atoms with Crippen LogP contribution >= 0.6 is 0 Å². The molecule has 0 aromatic rings. The predicted octanol–water partition coefficient (Wildman–Crippen LogP) is 12.7. The van der Waals surface area contributed by atoms with E-state index in [0.29, 0.717) is 17.9 Å². The second-order valence-electron chi connectivity index (χ2n) is 20.3. The molecule has 0 bridgehead atoms. The van der Waals surface area contributed by atoms with Crippen molar-refractivity contribution in [2.45, 2.75) is 201 Å². The molecular formula is C40H80O4Si3. The van der Waals surface area contributed by atoms with Crippen molar-refractivity contribution in [1.82, 2.24) is 0 Å². The van der Waals surface area contributed by atoms with Gasteiger partial charge in [0.15, 0.2) is 25.0 Å². The zero-order valence-electron chi connectivity index (χ0n) is 34.8. The first-order valence-corrected chi connectivity index (χ1v) is 27.8. The molecule has 276 valence electrons. The molecule has 4 unspecified atom stereocenters. The van der Waals surface area contributed by atoms with Crippen molar-refractivity contribution in [3.05, 3.63) is 23.3 Å². The molecule has 0 amide bonds. The highest BCUT2D eigenvalue weighted by Gasteiger charge is 2.50. The van der Waals surface area contributed by atoms with Crippen molar-refractivity contribution < 1.29 is 18.0 Å². The fraction of sp³-hybridized carbons (Fsp3) is 0.900. The van der Waals surface area contributed by atoms with Gasteiger partial charge in [0.05, 0.1) is 12.2 Å². The van der Waals surface area contributed by atoms with Crippen LogP contribution < -0.4 is 0 Å².